The Morgan fingerprint density at radius 2 is 1.96 bits per heavy atom. The van der Waals surface area contributed by atoms with Crippen molar-refractivity contribution in [2.45, 2.75) is 6.18 Å². The lowest BCUT2D eigenvalue weighted by Gasteiger charge is -2.08. The van der Waals surface area contributed by atoms with Crippen LogP contribution in [0.5, 0.6) is 0 Å². The first-order valence-corrected chi connectivity index (χ1v) is 7.72. The number of aromatic nitrogens is 5. The number of hydrogen-bond acceptors (Lipinski definition) is 5. The van der Waals surface area contributed by atoms with Gasteiger partial charge in [-0.3, -0.25) is 9.67 Å². The highest BCUT2D eigenvalue weighted by molar-refractivity contribution is 6.31. The van der Waals surface area contributed by atoms with Crippen LogP contribution in [0.15, 0.2) is 36.7 Å². The highest BCUT2D eigenvalue weighted by Gasteiger charge is 2.40. The zero-order valence-corrected chi connectivity index (χ0v) is 14.4. The summed E-state index contributed by atoms with van der Waals surface area (Å²) in [5.41, 5.74) is -1.89. The summed E-state index contributed by atoms with van der Waals surface area (Å²) < 4.78 is 41.4. The maximum atomic E-state index is 13.2. The van der Waals surface area contributed by atoms with Crippen LogP contribution < -0.4 is 0 Å². The van der Waals surface area contributed by atoms with Gasteiger partial charge in [-0.15, -0.1) is 0 Å². The molecule has 7 nitrogen and oxygen atoms in total. The molecule has 3 rings (SSSR count). The van der Waals surface area contributed by atoms with Crippen molar-refractivity contribution in [2.24, 2.45) is 7.05 Å². The lowest BCUT2D eigenvalue weighted by molar-refractivity contribution is -0.141. The third kappa shape index (κ3) is 3.37. The van der Waals surface area contributed by atoms with E-state index in [1.807, 2.05) is 0 Å². The molecule has 0 radical (unpaired) electrons. The van der Waals surface area contributed by atoms with Gasteiger partial charge in [0.25, 0.3) is 0 Å². The van der Waals surface area contributed by atoms with E-state index in [-0.39, 0.29) is 0 Å². The van der Waals surface area contributed by atoms with E-state index < -0.39 is 34.0 Å². The van der Waals surface area contributed by atoms with Crippen LogP contribution in [0.4, 0.5) is 13.2 Å². The van der Waals surface area contributed by atoms with E-state index in [9.17, 15) is 23.5 Å². The first-order valence-electron chi connectivity index (χ1n) is 7.35. The predicted molar refractivity (Wildman–Crippen MR) is 90.0 cm³/mol. The van der Waals surface area contributed by atoms with Crippen molar-refractivity contribution in [2.75, 3.05) is 0 Å². The molecule has 0 saturated heterocycles. The molecule has 0 unspecified atom stereocenters. The summed E-state index contributed by atoms with van der Waals surface area (Å²) in [4.78, 5) is 4.09. The van der Waals surface area contributed by atoms with Gasteiger partial charge in [0, 0.05) is 19.4 Å². The summed E-state index contributed by atoms with van der Waals surface area (Å²) >= 11 is 5.86. The molecule has 0 aliphatic heterocycles. The molecule has 27 heavy (non-hydrogen) atoms. The average molecular weight is 395 g/mol. The normalized spacial score (nSPS) is 12.6. The number of aryl methyl sites for hydroxylation is 1. The standard InChI is InChI=1S/C16H10ClF3N6O/c1-25-15(17)12(14(24-25)16(18,19)20)13(27)11(8-21)26-7-5-10(23-26)9-4-2-3-6-22-9/h2-7,27H,1H3/b13-11-. The number of hydrogen-bond donors (Lipinski definition) is 1. The number of allylic oxidation sites excluding steroid dienone is 1. The Kier molecular flexibility index (Phi) is 4.63. The van der Waals surface area contributed by atoms with Gasteiger partial charge in [0.05, 0.1) is 11.3 Å². The van der Waals surface area contributed by atoms with Crippen LogP contribution in [0.2, 0.25) is 5.15 Å². The second kappa shape index (κ2) is 6.77. The van der Waals surface area contributed by atoms with Gasteiger partial charge in [-0.1, -0.05) is 17.7 Å². The summed E-state index contributed by atoms with van der Waals surface area (Å²) in [5.74, 6) is -0.987. The molecule has 3 aromatic rings. The second-order valence-corrected chi connectivity index (χ2v) is 5.66. The fourth-order valence-corrected chi connectivity index (χ4v) is 2.56. The third-order valence-corrected chi connectivity index (χ3v) is 3.99. The lowest BCUT2D eigenvalue weighted by atomic mass is 10.1. The third-order valence-electron chi connectivity index (χ3n) is 3.56. The highest BCUT2D eigenvalue weighted by Crippen LogP contribution is 2.38. The van der Waals surface area contributed by atoms with E-state index in [0.29, 0.717) is 11.4 Å². The van der Waals surface area contributed by atoms with E-state index >= 15 is 0 Å². The molecule has 0 saturated carbocycles. The van der Waals surface area contributed by atoms with Crippen molar-refractivity contribution in [3.63, 3.8) is 0 Å². The van der Waals surface area contributed by atoms with E-state index in [1.165, 1.54) is 25.5 Å². The Bertz CT molecular complexity index is 1060. The van der Waals surface area contributed by atoms with Gasteiger partial charge < -0.3 is 5.11 Å². The lowest BCUT2D eigenvalue weighted by Crippen LogP contribution is -2.10. The van der Waals surface area contributed by atoms with Crippen molar-refractivity contribution in [1.82, 2.24) is 24.5 Å². The number of rotatable bonds is 3. The van der Waals surface area contributed by atoms with E-state index in [4.69, 9.17) is 11.6 Å². The van der Waals surface area contributed by atoms with Crippen LogP contribution in [0.1, 0.15) is 11.3 Å². The number of nitrogens with zero attached hydrogens (tertiary/aromatic N) is 6. The Morgan fingerprint density at radius 1 is 1.22 bits per heavy atom. The SMILES string of the molecule is Cn1nc(C(F)(F)F)c(/C(O)=C(\C#N)n2ccc(-c3ccccn3)n2)c1Cl. The molecule has 0 aromatic carbocycles. The average Bonchev–Trinajstić information content (AvgIpc) is 3.22. The quantitative estimate of drug-likeness (QED) is 0.539. The molecular formula is C16H10ClF3N6O. The van der Waals surface area contributed by atoms with Gasteiger partial charge in [-0.25, -0.2) is 4.68 Å². The van der Waals surface area contributed by atoms with Crippen LogP contribution >= 0.6 is 11.6 Å². The van der Waals surface area contributed by atoms with Crippen molar-refractivity contribution in [3.05, 3.63) is 53.1 Å². The van der Waals surface area contributed by atoms with E-state index in [1.54, 1.807) is 24.3 Å². The second-order valence-electron chi connectivity index (χ2n) is 5.31. The summed E-state index contributed by atoms with van der Waals surface area (Å²) in [7, 11) is 1.19. The van der Waals surface area contributed by atoms with Gasteiger partial charge >= 0.3 is 6.18 Å². The number of nitriles is 1. The Morgan fingerprint density at radius 3 is 2.56 bits per heavy atom. The van der Waals surface area contributed by atoms with Gasteiger partial charge in [-0.05, 0) is 18.2 Å². The molecule has 0 spiro atoms. The monoisotopic (exact) mass is 394 g/mol. The van der Waals surface area contributed by atoms with Crippen molar-refractivity contribution >= 4 is 23.1 Å². The van der Waals surface area contributed by atoms with Crippen LogP contribution in [0.25, 0.3) is 22.8 Å². The Labute approximate surface area is 155 Å². The summed E-state index contributed by atoms with van der Waals surface area (Å²) in [6.45, 7) is 0. The molecule has 138 valence electrons. The molecule has 0 aliphatic carbocycles. The fourth-order valence-electron chi connectivity index (χ4n) is 2.34. The first kappa shape index (κ1) is 18.5. The van der Waals surface area contributed by atoms with Crippen molar-refractivity contribution in [1.29, 1.82) is 5.26 Å². The Hall–Kier alpha value is -3.32. The zero-order chi connectivity index (χ0) is 19.8. The van der Waals surface area contributed by atoms with Crippen LogP contribution in [-0.4, -0.2) is 29.7 Å². The topological polar surface area (TPSA) is 92.5 Å². The van der Waals surface area contributed by atoms with Gasteiger partial charge in [0.1, 0.15) is 16.9 Å². The fraction of sp³-hybridized carbons (Fsp3) is 0.125. The molecule has 0 atom stereocenters. The smallest absolute Gasteiger partial charge is 0.435 e. The molecule has 3 heterocycles. The van der Waals surface area contributed by atoms with Crippen LogP contribution in [-0.2, 0) is 13.2 Å². The number of pyridine rings is 1. The van der Waals surface area contributed by atoms with Crippen molar-refractivity contribution in [3.8, 4) is 17.5 Å². The minimum atomic E-state index is -4.88. The number of aliphatic hydroxyl groups is 1. The molecule has 0 amide bonds. The largest absolute Gasteiger partial charge is 0.504 e. The van der Waals surface area contributed by atoms with Gasteiger partial charge in [0.15, 0.2) is 17.2 Å². The first-order chi connectivity index (χ1) is 12.7. The number of aliphatic hydroxyl groups excluding tert-OH is 1. The summed E-state index contributed by atoms with van der Waals surface area (Å²) in [5, 5.41) is 26.7. The minimum absolute atomic E-state index is 0.365. The molecule has 1 N–H and O–H groups in total. The molecular weight excluding hydrogens is 385 g/mol. The Balaban J connectivity index is 2.15. The number of alkyl halides is 3. The molecule has 0 fully saturated rings. The van der Waals surface area contributed by atoms with Gasteiger partial charge in [0.2, 0.25) is 0 Å². The maximum Gasteiger partial charge on any atom is 0.435 e. The molecule has 0 bridgehead atoms. The van der Waals surface area contributed by atoms with E-state index in [2.05, 4.69) is 15.2 Å². The van der Waals surface area contributed by atoms with Crippen LogP contribution in [0, 0.1) is 11.3 Å². The summed E-state index contributed by atoms with van der Waals surface area (Å²) in [6.07, 6.45) is -2.02. The molecule has 3 aromatic heterocycles. The molecule has 11 heteroatoms. The molecule has 0 aliphatic rings. The van der Waals surface area contributed by atoms with Crippen molar-refractivity contribution < 1.29 is 18.3 Å². The number of halogens is 4. The summed E-state index contributed by atoms with van der Waals surface area (Å²) in [6, 6.07) is 8.25. The maximum absolute atomic E-state index is 13.2. The highest BCUT2D eigenvalue weighted by atomic mass is 35.5. The van der Waals surface area contributed by atoms with Crippen LogP contribution in [0.3, 0.4) is 0 Å². The van der Waals surface area contributed by atoms with Gasteiger partial charge in [-0.2, -0.15) is 28.6 Å². The minimum Gasteiger partial charge on any atom is -0.504 e. The van der Waals surface area contributed by atoms with E-state index in [0.717, 1.165) is 9.36 Å². The predicted octanol–water partition coefficient (Wildman–Crippen LogP) is 3.76. The zero-order valence-electron chi connectivity index (χ0n) is 13.6.